The molecular formula is C21H20N4O2S. The quantitative estimate of drug-likeness (QED) is 0.647. The van der Waals surface area contributed by atoms with E-state index >= 15 is 0 Å². The highest BCUT2D eigenvalue weighted by Gasteiger charge is 2.16. The fourth-order valence-electron chi connectivity index (χ4n) is 2.54. The van der Waals surface area contributed by atoms with E-state index in [1.165, 1.54) is 0 Å². The Morgan fingerprint density at radius 2 is 1.96 bits per heavy atom. The van der Waals surface area contributed by atoms with Gasteiger partial charge in [0.25, 0.3) is 5.91 Å². The van der Waals surface area contributed by atoms with Gasteiger partial charge in [-0.25, -0.2) is 15.0 Å². The van der Waals surface area contributed by atoms with Crippen LogP contribution in [0.5, 0.6) is 5.75 Å². The molecule has 1 atom stereocenters. The van der Waals surface area contributed by atoms with Crippen LogP contribution in [0.1, 0.15) is 39.6 Å². The largest absolute Gasteiger partial charge is 0.481 e. The van der Waals surface area contributed by atoms with Crippen molar-refractivity contribution in [2.75, 3.05) is 6.61 Å². The van der Waals surface area contributed by atoms with E-state index in [1.807, 2.05) is 26.8 Å². The van der Waals surface area contributed by atoms with E-state index in [1.54, 1.807) is 42.1 Å². The summed E-state index contributed by atoms with van der Waals surface area (Å²) in [5.74, 6) is 3.42. The van der Waals surface area contributed by atoms with E-state index in [0.717, 1.165) is 21.0 Å². The maximum Gasteiger partial charge on any atom is 0.251 e. The lowest BCUT2D eigenvalue weighted by atomic mass is 10.1. The first-order chi connectivity index (χ1) is 13.5. The van der Waals surface area contributed by atoms with E-state index in [9.17, 15) is 4.79 Å². The summed E-state index contributed by atoms with van der Waals surface area (Å²) in [6.07, 6.45) is 10.5. The minimum absolute atomic E-state index is 0.124. The Bertz CT molecular complexity index is 1020. The second-order valence-electron chi connectivity index (χ2n) is 6.27. The second kappa shape index (κ2) is 8.63. The molecule has 0 saturated heterocycles. The molecule has 1 aromatic carbocycles. The van der Waals surface area contributed by atoms with Crippen molar-refractivity contribution in [3.63, 3.8) is 0 Å². The summed E-state index contributed by atoms with van der Waals surface area (Å²) >= 11 is 1.55. The summed E-state index contributed by atoms with van der Waals surface area (Å²) in [5, 5.41) is 3.78. The molecule has 2 heterocycles. The topological polar surface area (TPSA) is 77.0 Å². The third-order valence-corrected chi connectivity index (χ3v) is 4.97. The zero-order valence-corrected chi connectivity index (χ0v) is 16.7. The second-order valence-corrected chi connectivity index (χ2v) is 7.51. The number of nitrogens with one attached hydrogen (secondary N) is 1. The number of ether oxygens (including phenoxy) is 1. The number of hydrogen-bond donors (Lipinski definition) is 1. The molecule has 2 aromatic heterocycles. The molecule has 7 heteroatoms. The fourth-order valence-corrected chi connectivity index (χ4v) is 3.29. The van der Waals surface area contributed by atoms with Crippen molar-refractivity contribution in [1.82, 2.24) is 20.3 Å². The molecule has 28 heavy (non-hydrogen) atoms. The van der Waals surface area contributed by atoms with Gasteiger partial charge >= 0.3 is 0 Å². The smallest absolute Gasteiger partial charge is 0.251 e. The molecule has 142 valence electrons. The molecule has 0 saturated carbocycles. The number of hydrogen-bond acceptors (Lipinski definition) is 6. The molecule has 1 unspecified atom stereocenters. The maximum atomic E-state index is 12.8. The summed E-state index contributed by atoms with van der Waals surface area (Å²) in [5.41, 5.74) is 2.11. The van der Waals surface area contributed by atoms with Crippen molar-refractivity contribution < 1.29 is 9.53 Å². The predicted molar refractivity (Wildman–Crippen MR) is 109 cm³/mol. The maximum absolute atomic E-state index is 12.8. The fraction of sp³-hybridized carbons (Fsp3) is 0.238. The zero-order valence-electron chi connectivity index (χ0n) is 15.9. The van der Waals surface area contributed by atoms with Crippen LogP contribution in [0.15, 0.2) is 36.8 Å². The molecule has 0 aliphatic carbocycles. The van der Waals surface area contributed by atoms with Crippen LogP contribution in [0.2, 0.25) is 0 Å². The Morgan fingerprint density at radius 3 is 2.61 bits per heavy atom. The zero-order chi connectivity index (χ0) is 20.1. The molecule has 1 N–H and O–H groups in total. The number of aromatic nitrogens is 3. The van der Waals surface area contributed by atoms with Gasteiger partial charge in [-0.1, -0.05) is 5.92 Å². The number of benzene rings is 1. The number of amides is 1. The minimum atomic E-state index is -0.242. The monoisotopic (exact) mass is 392 g/mol. The highest BCUT2D eigenvalue weighted by molar-refractivity contribution is 7.14. The van der Waals surface area contributed by atoms with Crippen LogP contribution in [-0.4, -0.2) is 27.5 Å². The molecule has 0 spiro atoms. The van der Waals surface area contributed by atoms with Crippen LogP contribution >= 0.6 is 11.3 Å². The van der Waals surface area contributed by atoms with Crippen molar-refractivity contribution in [2.45, 2.75) is 26.8 Å². The van der Waals surface area contributed by atoms with Crippen molar-refractivity contribution >= 4 is 17.2 Å². The van der Waals surface area contributed by atoms with Crippen LogP contribution in [0.3, 0.4) is 0 Å². The van der Waals surface area contributed by atoms with E-state index < -0.39 is 0 Å². The number of nitrogens with zero attached hydrogens (tertiary/aromatic N) is 3. The first-order valence-electron chi connectivity index (χ1n) is 8.70. The van der Waals surface area contributed by atoms with Crippen molar-refractivity contribution in [3.05, 3.63) is 58.6 Å². The van der Waals surface area contributed by atoms with E-state index in [2.05, 4.69) is 26.2 Å². The first kappa shape index (κ1) is 19.5. The normalized spacial score (nSPS) is 11.5. The molecule has 3 rings (SSSR count). The highest BCUT2D eigenvalue weighted by Crippen LogP contribution is 2.29. The van der Waals surface area contributed by atoms with Gasteiger partial charge in [0.2, 0.25) is 0 Å². The molecule has 0 aliphatic heterocycles. The number of thiazole rings is 1. The van der Waals surface area contributed by atoms with Crippen molar-refractivity contribution in [1.29, 1.82) is 0 Å². The summed E-state index contributed by atoms with van der Waals surface area (Å²) in [4.78, 5) is 26.7. The van der Waals surface area contributed by atoms with Crippen LogP contribution < -0.4 is 10.1 Å². The third kappa shape index (κ3) is 4.72. The van der Waals surface area contributed by atoms with E-state index in [-0.39, 0.29) is 18.6 Å². The van der Waals surface area contributed by atoms with Crippen molar-refractivity contribution in [2.24, 2.45) is 0 Å². The highest BCUT2D eigenvalue weighted by atomic mass is 32.1. The van der Waals surface area contributed by atoms with Crippen LogP contribution in [0, 0.1) is 26.2 Å². The lowest BCUT2D eigenvalue weighted by Crippen LogP contribution is -2.27. The first-order valence-corrected chi connectivity index (χ1v) is 9.51. The van der Waals surface area contributed by atoms with E-state index in [4.69, 9.17) is 11.2 Å². The number of aryl methyl sites for hydroxylation is 2. The molecule has 6 nitrogen and oxygen atoms in total. The Balaban J connectivity index is 1.87. The summed E-state index contributed by atoms with van der Waals surface area (Å²) < 4.78 is 5.56. The SMILES string of the molecule is C#CCOc1cc(C(=O)NC(C)c2cnc(C)nc2)cc(-c2ncc(C)s2)c1. The average Bonchev–Trinajstić information content (AvgIpc) is 3.13. The van der Waals surface area contributed by atoms with Gasteiger partial charge < -0.3 is 10.1 Å². The Morgan fingerprint density at radius 1 is 1.21 bits per heavy atom. The molecule has 1 amide bonds. The van der Waals surface area contributed by atoms with Gasteiger partial charge in [-0.15, -0.1) is 17.8 Å². The summed E-state index contributed by atoms with van der Waals surface area (Å²) in [7, 11) is 0. The van der Waals surface area contributed by atoms with Gasteiger partial charge in [0.15, 0.2) is 0 Å². The molecule has 0 radical (unpaired) electrons. The molecule has 0 bridgehead atoms. The predicted octanol–water partition coefficient (Wildman–Crippen LogP) is 3.72. The Labute approximate surface area is 168 Å². The van der Waals surface area contributed by atoms with Crippen LogP contribution in [0.25, 0.3) is 10.6 Å². The Kier molecular flexibility index (Phi) is 6.02. The van der Waals surface area contributed by atoms with Gasteiger partial charge in [-0.05, 0) is 39.0 Å². The third-order valence-electron chi connectivity index (χ3n) is 4.01. The van der Waals surface area contributed by atoms with Crippen LogP contribution in [0.4, 0.5) is 0 Å². The molecule has 0 aliphatic rings. The molecule has 3 aromatic rings. The number of carbonyl (C=O) groups is 1. The average molecular weight is 392 g/mol. The molecular weight excluding hydrogens is 372 g/mol. The lowest BCUT2D eigenvalue weighted by Gasteiger charge is -2.15. The van der Waals surface area contributed by atoms with Gasteiger partial charge in [0.1, 0.15) is 23.2 Å². The van der Waals surface area contributed by atoms with Gasteiger partial charge in [0, 0.05) is 40.2 Å². The number of rotatable bonds is 6. The lowest BCUT2D eigenvalue weighted by molar-refractivity contribution is 0.0939. The van der Waals surface area contributed by atoms with Gasteiger partial charge in [-0.2, -0.15) is 0 Å². The number of carbonyl (C=O) groups excluding carboxylic acids is 1. The minimum Gasteiger partial charge on any atom is -0.481 e. The Hall–Kier alpha value is -3.24. The van der Waals surface area contributed by atoms with Crippen molar-refractivity contribution in [3.8, 4) is 28.7 Å². The molecule has 0 fully saturated rings. The van der Waals surface area contributed by atoms with Gasteiger partial charge in [0.05, 0.1) is 6.04 Å². The van der Waals surface area contributed by atoms with Crippen LogP contribution in [-0.2, 0) is 0 Å². The summed E-state index contributed by atoms with van der Waals surface area (Å²) in [6.45, 7) is 5.81. The standard InChI is InChI=1S/C21H20N4O2S/c1-5-6-27-19-8-16(7-17(9-19)21-24-10-13(2)28-21)20(26)25-14(3)18-11-22-15(4)23-12-18/h1,7-12,14H,6H2,2-4H3,(H,25,26). The van der Waals surface area contributed by atoms with Gasteiger partial charge in [-0.3, -0.25) is 4.79 Å². The summed E-state index contributed by atoms with van der Waals surface area (Å²) in [6, 6.07) is 5.07. The van der Waals surface area contributed by atoms with E-state index in [0.29, 0.717) is 17.1 Å². The number of terminal acetylenes is 1.